The highest BCUT2D eigenvalue weighted by Gasteiger charge is 2.19. The van der Waals surface area contributed by atoms with Crippen LogP contribution < -0.4 is 5.32 Å². The minimum atomic E-state index is -0.309. The molecule has 0 saturated carbocycles. The van der Waals surface area contributed by atoms with Gasteiger partial charge < -0.3 is 10.1 Å². The first-order chi connectivity index (χ1) is 13.1. The highest BCUT2D eigenvalue weighted by molar-refractivity contribution is 5.97. The minimum absolute atomic E-state index is 0. The maximum absolute atomic E-state index is 12.8. The largest absolute Gasteiger partial charge is 0.461 e. The monoisotopic (exact) mass is 378 g/mol. The molecule has 5 nitrogen and oxygen atoms in total. The average molecular weight is 378 g/mol. The Morgan fingerprint density at radius 1 is 1.07 bits per heavy atom. The van der Waals surface area contributed by atoms with Crippen molar-refractivity contribution in [3.8, 4) is 0 Å². The summed E-state index contributed by atoms with van der Waals surface area (Å²) in [6.07, 6.45) is 4.22. The van der Waals surface area contributed by atoms with Gasteiger partial charge in [0.25, 0.3) is 0 Å². The molecule has 0 aliphatic rings. The van der Waals surface area contributed by atoms with Gasteiger partial charge >= 0.3 is 5.97 Å². The van der Waals surface area contributed by atoms with Gasteiger partial charge in [0.15, 0.2) is 0 Å². The molecule has 0 bridgehead atoms. The Morgan fingerprint density at radius 2 is 1.82 bits per heavy atom. The molecule has 1 aromatic heterocycles. The quantitative estimate of drug-likeness (QED) is 0.608. The number of ether oxygens (including phenoxy) is 1. The molecule has 3 aromatic rings. The second-order valence-corrected chi connectivity index (χ2v) is 6.41. The smallest absolute Gasteiger partial charge is 0.302 e. The standard InChI is InChI=1S/C22H22N2O3.CH4/c1-3-21(17-6-4-16(5-7-17)14-27-15(2)25)22(26)24-20-9-8-19-13-23-11-10-18(19)12-20;/h4-13,21H,3,14H2,1-2H3,(H,24,26);1H4/t21-;/m0./s1. The van der Waals surface area contributed by atoms with Crippen LogP contribution in [0.4, 0.5) is 5.69 Å². The van der Waals surface area contributed by atoms with Crippen molar-refractivity contribution in [1.82, 2.24) is 4.98 Å². The lowest BCUT2D eigenvalue weighted by atomic mass is 9.94. The molecule has 5 heteroatoms. The SMILES string of the molecule is C.CC[C@H](C(=O)Nc1ccc2cnccc2c1)c1ccc(COC(C)=O)cc1. The lowest BCUT2D eigenvalue weighted by Crippen LogP contribution is -2.20. The van der Waals surface area contributed by atoms with Gasteiger partial charge in [-0.3, -0.25) is 14.6 Å². The van der Waals surface area contributed by atoms with Crippen molar-refractivity contribution in [2.45, 2.75) is 40.2 Å². The topological polar surface area (TPSA) is 68.3 Å². The second kappa shape index (κ2) is 9.65. The Hall–Kier alpha value is -3.21. The molecule has 1 N–H and O–H groups in total. The lowest BCUT2D eigenvalue weighted by molar-refractivity contribution is -0.142. The van der Waals surface area contributed by atoms with Crippen LogP contribution in [-0.4, -0.2) is 16.9 Å². The summed E-state index contributed by atoms with van der Waals surface area (Å²) in [6.45, 7) is 3.61. The number of hydrogen-bond donors (Lipinski definition) is 1. The zero-order valence-electron chi connectivity index (χ0n) is 15.4. The van der Waals surface area contributed by atoms with Gasteiger partial charge in [-0.1, -0.05) is 44.7 Å². The van der Waals surface area contributed by atoms with Crippen LogP contribution in [0.5, 0.6) is 0 Å². The summed E-state index contributed by atoms with van der Waals surface area (Å²) in [5, 5.41) is 5.08. The molecule has 0 saturated heterocycles. The number of carbonyl (C=O) groups is 2. The van der Waals surface area contributed by atoms with Gasteiger partial charge in [0.1, 0.15) is 6.61 Å². The van der Waals surface area contributed by atoms with Crippen molar-refractivity contribution < 1.29 is 14.3 Å². The summed E-state index contributed by atoms with van der Waals surface area (Å²) in [5.41, 5.74) is 2.60. The maximum Gasteiger partial charge on any atom is 0.302 e. The van der Waals surface area contributed by atoms with Crippen LogP contribution in [-0.2, 0) is 20.9 Å². The summed E-state index contributed by atoms with van der Waals surface area (Å²) in [5.74, 6) is -0.601. The number of benzene rings is 2. The second-order valence-electron chi connectivity index (χ2n) is 6.41. The van der Waals surface area contributed by atoms with E-state index in [1.807, 2.05) is 55.5 Å². The predicted octanol–water partition coefficient (Wildman–Crippen LogP) is 5.07. The van der Waals surface area contributed by atoms with Gasteiger partial charge in [0, 0.05) is 30.4 Å². The third kappa shape index (κ3) is 5.16. The Morgan fingerprint density at radius 3 is 2.50 bits per heavy atom. The summed E-state index contributed by atoms with van der Waals surface area (Å²) in [6, 6.07) is 15.3. The van der Waals surface area contributed by atoms with Crippen molar-refractivity contribution in [1.29, 1.82) is 0 Å². The van der Waals surface area contributed by atoms with Crippen LogP contribution in [0.2, 0.25) is 0 Å². The molecule has 3 rings (SSSR count). The fourth-order valence-electron chi connectivity index (χ4n) is 2.99. The number of rotatable bonds is 6. The van der Waals surface area contributed by atoms with Gasteiger partial charge in [0.2, 0.25) is 5.91 Å². The minimum Gasteiger partial charge on any atom is -0.461 e. The molecule has 1 heterocycles. The van der Waals surface area contributed by atoms with Gasteiger partial charge in [-0.25, -0.2) is 0 Å². The molecule has 1 atom stereocenters. The normalized spacial score (nSPS) is 11.4. The molecule has 0 spiro atoms. The highest BCUT2D eigenvalue weighted by Crippen LogP contribution is 2.24. The molecule has 0 radical (unpaired) electrons. The van der Waals surface area contributed by atoms with Crippen LogP contribution in [0, 0.1) is 0 Å². The molecular weight excluding hydrogens is 352 g/mol. The van der Waals surface area contributed by atoms with E-state index in [1.54, 1.807) is 12.4 Å². The van der Waals surface area contributed by atoms with E-state index >= 15 is 0 Å². The first kappa shape index (κ1) is 21.1. The van der Waals surface area contributed by atoms with Gasteiger partial charge in [-0.15, -0.1) is 0 Å². The Bertz CT molecular complexity index is 951. The summed E-state index contributed by atoms with van der Waals surface area (Å²) in [7, 11) is 0. The number of nitrogens with zero attached hydrogens (tertiary/aromatic N) is 1. The molecular formula is C23H26N2O3. The number of fused-ring (bicyclic) bond motifs is 1. The lowest BCUT2D eigenvalue weighted by Gasteiger charge is -2.16. The van der Waals surface area contributed by atoms with E-state index < -0.39 is 0 Å². The number of nitrogens with one attached hydrogen (secondary N) is 1. The predicted molar refractivity (Wildman–Crippen MR) is 112 cm³/mol. The number of aromatic nitrogens is 1. The zero-order chi connectivity index (χ0) is 19.2. The number of esters is 1. The number of anilines is 1. The fraction of sp³-hybridized carbons (Fsp3) is 0.261. The molecule has 146 valence electrons. The number of carbonyl (C=O) groups excluding carboxylic acids is 2. The first-order valence-corrected chi connectivity index (χ1v) is 8.93. The molecule has 2 aromatic carbocycles. The summed E-state index contributed by atoms with van der Waals surface area (Å²) < 4.78 is 4.99. The third-order valence-electron chi connectivity index (χ3n) is 4.46. The highest BCUT2D eigenvalue weighted by atomic mass is 16.5. The van der Waals surface area contributed by atoms with Crippen LogP contribution in [0.15, 0.2) is 60.9 Å². The van der Waals surface area contributed by atoms with Crippen molar-refractivity contribution in [3.05, 3.63) is 72.1 Å². The van der Waals surface area contributed by atoms with E-state index in [1.165, 1.54) is 6.92 Å². The summed E-state index contributed by atoms with van der Waals surface area (Å²) in [4.78, 5) is 27.8. The average Bonchev–Trinajstić information content (AvgIpc) is 2.68. The van der Waals surface area contributed by atoms with Crippen molar-refractivity contribution in [2.75, 3.05) is 5.32 Å². The van der Waals surface area contributed by atoms with E-state index in [0.717, 1.165) is 27.6 Å². The first-order valence-electron chi connectivity index (χ1n) is 8.93. The van der Waals surface area contributed by atoms with Crippen molar-refractivity contribution >= 4 is 28.3 Å². The van der Waals surface area contributed by atoms with E-state index in [9.17, 15) is 9.59 Å². The van der Waals surface area contributed by atoms with Crippen LogP contribution >= 0.6 is 0 Å². The maximum atomic E-state index is 12.8. The molecule has 1 amide bonds. The fourth-order valence-corrected chi connectivity index (χ4v) is 2.99. The molecule has 0 aliphatic heterocycles. The van der Waals surface area contributed by atoms with Crippen LogP contribution in [0.3, 0.4) is 0 Å². The number of amides is 1. The van der Waals surface area contributed by atoms with E-state index in [-0.39, 0.29) is 31.8 Å². The number of hydrogen-bond acceptors (Lipinski definition) is 4. The van der Waals surface area contributed by atoms with Crippen LogP contribution in [0.25, 0.3) is 10.8 Å². The van der Waals surface area contributed by atoms with E-state index in [4.69, 9.17) is 4.74 Å². The van der Waals surface area contributed by atoms with Crippen LogP contribution in [0.1, 0.15) is 44.7 Å². The Balaban J connectivity index is 0.00000280. The number of pyridine rings is 1. The van der Waals surface area contributed by atoms with Gasteiger partial charge in [0.05, 0.1) is 5.92 Å². The molecule has 0 aliphatic carbocycles. The Kier molecular flexibility index (Phi) is 7.27. The molecule has 0 unspecified atom stereocenters. The van der Waals surface area contributed by atoms with Gasteiger partial charge in [-0.05, 0) is 41.1 Å². The molecule has 0 fully saturated rings. The molecule has 28 heavy (non-hydrogen) atoms. The summed E-state index contributed by atoms with van der Waals surface area (Å²) >= 11 is 0. The van der Waals surface area contributed by atoms with E-state index in [0.29, 0.717) is 6.42 Å². The van der Waals surface area contributed by atoms with E-state index in [2.05, 4.69) is 10.3 Å². The Labute approximate surface area is 165 Å². The van der Waals surface area contributed by atoms with Crippen molar-refractivity contribution in [2.24, 2.45) is 0 Å². The third-order valence-corrected chi connectivity index (χ3v) is 4.46. The zero-order valence-corrected chi connectivity index (χ0v) is 15.4. The van der Waals surface area contributed by atoms with Crippen molar-refractivity contribution in [3.63, 3.8) is 0 Å². The van der Waals surface area contributed by atoms with Gasteiger partial charge in [-0.2, -0.15) is 0 Å².